The Morgan fingerprint density at radius 2 is 1.56 bits per heavy atom. The Morgan fingerprint density at radius 3 is 2.28 bits per heavy atom. The van der Waals surface area contributed by atoms with Crippen molar-refractivity contribution in [3.05, 3.63) is 88.8 Å². The lowest BCUT2D eigenvalue weighted by atomic mass is 10.1. The summed E-state index contributed by atoms with van der Waals surface area (Å²) in [7, 11) is 1.53. The molecule has 4 aromatic rings. The molecule has 0 saturated heterocycles. The standard InChI is InChI=1S/C24H20N4O4/c1-15(29)25-16-7-5-8-17(13-16)26-23(30)22-20-11-3-4-12-21(20)24(31)28(27-22)18-9-6-10-19(14-18)32-2/h3-14H,1-2H3,(H,25,29)(H,26,30). The molecule has 0 unspecified atom stereocenters. The lowest BCUT2D eigenvalue weighted by molar-refractivity contribution is -0.114. The van der Waals surface area contributed by atoms with Gasteiger partial charge in [-0.1, -0.05) is 30.3 Å². The number of benzene rings is 3. The van der Waals surface area contributed by atoms with E-state index in [1.54, 1.807) is 72.8 Å². The second kappa shape index (κ2) is 8.73. The summed E-state index contributed by atoms with van der Waals surface area (Å²) >= 11 is 0. The van der Waals surface area contributed by atoms with Crippen molar-refractivity contribution < 1.29 is 14.3 Å². The molecule has 0 saturated carbocycles. The van der Waals surface area contributed by atoms with Gasteiger partial charge in [-0.15, -0.1) is 0 Å². The van der Waals surface area contributed by atoms with Gasteiger partial charge in [0, 0.05) is 29.8 Å². The summed E-state index contributed by atoms with van der Waals surface area (Å²) in [4.78, 5) is 37.6. The molecule has 4 rings (SSSR count). The maximum atomic E-state index is 13.2. The van der Waals surface area contributed by atoms with Crippen LogP contribution in [0.15, 0.2) is 77.6 Å². The molecule has 2 amide bonds. The molecule has 0 aliphatic rings. The average molecular weight is 428 g/mol. The van der Waals surface area contributed by atoms with Gasteiger partial charge in [-0.05, 0) is 36.4 Å². The van der Waals surface area contributed by atoms with Crippen LogP contribution in [0.25, 0.3) is 16.5 Å². The van der Waals surface area contributed by atoms with Crippen LogP contribution in [0.4, 0.5) is 11.4 Å². The zero-order chi connectivity index (χ0) is 22.7. The van der Waals surface area contributed by atoms with Gasteiger partial charge in [-0.2, -0.15) is 9.78 Å². The van der Waals surface area contributed by atoms with Crippen molar-refractivity contribution in [1.29, 1.82) is 0 Å². The number of ether oxygens (including phenoxy) is 1. The van der Waals surface area contributed by atoms with Crippen LogP contribution in [-0.2, 0) is 4.79 Å². The van der Waals surface area contributed by atoms with Gasteiger partial charge >= 0.3 is 0 Å². The lowest BCUT2D eigenvalue weighted by Gasteiger charge is -2.12. The predicted molar refractivity (Wildman–Crippen MR) is 123 cm³/mol. The van der Waals surface area contributed by atoms with Crippen LogP contribution in [-0.4, -0.2) is 28.7 Å². The Bertz CT molecular complexity index is 1390. The molecule has 0 spiro atoms. The van der Waals surface area contributed by atoms with Crippen molar-refractivity contribution >= 4 is 34.0 Å². The van der Waals surface area contributed by atoms with Crippen LogP contribution in [0.2, 0.25) is 0 Å². The highest BCUT2D eigenvalue weighted by atomic mass is 16.5. The summed E-state index contributed by atoms with van der Waals surface area (Å²) in [5.41, 5.74) is 1.24. The largest absolute Gasteiger partial charge is 0.497 e. The lowest BCUT2D eigenvalue weighted by Crippen LogP contribution is -2.26. The maximum absolute atomic E-state index is 13.2. The highest BCUT2D eigenvalue weighted by Gasteiger charge is 2.18. The Labute approximate surface area is 183 Å². The van der Waals surface area contributed by atoms with E-state index in [9.17, 15) is 14.4 Å². The molecular formula is C24H20N4O4. The third-order valence-electron chi connectivity index (χ3n) is 4.76. The number of amides is 2. The first-order valence-corrected chi connectivity index (χ1v) is 9.82. The summed E-state index contributed by atoms with van der Waals surface area (Å²) in [5, 5.41) is 10.6. The van der Waals surface area contributed by atoms with Crippen molar-refractivity contribution in [3.8, 4) is 11.4 Å². The van der Waals surface area contributed by atoms with E-state index in [0.717, 1.165) is 0 Å². The van der Waals surface area contributed by atoms with Gasteiger partial charge in [0.2, 0.25) is 5.91 Å². The Balaban J connectivity index is 1.80. The number of hydrogen-bond donors (Lipinski definition) is 2. The van der Waals surface area contributed by atoms with E-state index in [1.807, 2.05) is 0 Å². The number of nitrogens with zero attached hydrogens (tertiary/aromatic N) is 2. The second-order valence-corrected chi connectivity index (χ2v) is 7.03. The normalized spacial score (nSPS) is 10.6. The van der Waals surface area contributed by atoms with Crippen LogP contribution >= 0.6 is 0 Å². The molecular weight excluding hydrogens is 408 g/mol. The number of hydrogen-bond acceptors (Lipinski definition) is 5. The molecule has 8 nitrogen and oxygen atoms in total. The monoisotopic (exact) mass is 428 g/mol. The molecule has 1 heterocycles. The van der Waals surface area contributed by atoms with Crippen LogP contribution in [0, 0.1) is 0 Å². The number of methoxy groups -OCH3 is 1. The minimum atomic E-state index is -0.488. The zero-order valence-corrected chi connectivity index (χ0v) is 17.5. The minimum Gasteiger partial charge on any atom is -0.497 e. The minimum absolute atomic E-state index is 0.0907. The van der Waals surface area contributed by atoms with Crippen LogP contribution in [0.3, 0.4) is 0 Å². The highest BCUT2D eigenvalue weighted by Crippen LogP contribution is 2.20. The smallest absolute Gasteiger partial charge is 0.279 e. The molecule has 32 heavy (non-hydrogen) atoms. The Kier molecular flexibility index (Phi) is 5.67. The molecule has 2 N–H and O–H groups in total. The van der Waals surface area contributed by atoms with E-state index >= 15 is 0 Å². The van der Waals surface area contributed by atoms with Crippen molar-refractivity contribution in [3.63, 3.8) is 0 Å². The molecule has 160 valence electrons. The van der Waals surface area contributed by atoms with E-state index < -0.39 is 5.91 Å². The molecule has 1 aromatic heterocycles. The van der Waals surface area contributed by atoms with Gasteiger partial charge in [0.15, 0.2) is 5.69 Å². The fourth-order valence-corrected chi connectivity index (χ4v) is 3.34. The van der Waals surface area contributed by atoms with Gasteiger partial charge < -0.3 is 15.4 Å². The SMILES string of the molecule is COc1cccc(-n2nc(C(=O)Nc3cccc(NC(C)=O)c3)c3ccccc3c2=O)c1. The van der Waals surface area contributed by atoms with Gasteiger partial charge in [0.05, 0.1) is 18.2 Å². The number of rotatable bonds is 5. The fourth-order valence-electron chi connectivity index (χ4n) is 3.34. The summed E-state index contributed by atoms with van der Waals surface area (Å²) in [5.74, 6) is -0.144. The van der Waals surface area contributed by atoms with E-state index in [4.69, 9.17) is 4.74 Å². The van der Waals surface area contributed by atoms with Gasteiger partial charge in [-0.25, -0.2) is 0 Å². The zero-order valence-electron chi connectivity index (χ0n) is 17.5. The first kappa shape index (κ1) is 20.8. The summed E-state index contributed by atoms with van der Waals surface area (Å²) in [6.07, 6.45) is 0. The topological polar surface area (TPSA) is 102 Å². The van der Waals surface area contributed by atoms with E-state index in [0.29, 0.717) is 33.6 Å². The van der Waals surface area contributed by atoms with Gasteiger partial charge in [0.25, 0.3) is 11.5 Å². The molecule has 0 fully saturated rings. The summed E-state index contributed by atoms with van der Waals surface area (Å²) in [6.45, 7) is 1.41. The van der Waals surface area contributed by atoms with Crippen molar-refractivity contribution in [1.82, 2.24) is 9.78 Å². The van der Waals surface area contributed by atoms with Crippen molar-refractivity contribution in [2.45, 2.75) is 6.92 Å². The number of carbonyl (C=O) groups is 2. The molecule has 0 bridgehead atoms. The number of aromatic nitrogens is 2. The molecule has 3 aromatic carbocycles. The highest BCUT2D eigenvalue weighted by molar-refractivity contribution is 6.11. The first-order chi connectivity index (χ1) is 15.5. The van der Waals surface area contributed by atoms with E-state index in [-0.39, 0.29) is 17.2 Å². The maximum Gasteiger partial charge on any atom is 0.279 e. The first-order valence-electron chi connectivity index (χ1n) is 9.82. The summed E-state index contributed by atoms with van der Waals surface area (Å²) in [6, 6.07) is 20.5. The predicted octanol–water partition coefficient (Wildman–Crippen LogP) is 3.61. The van der Waals surface area contributed by atoms with Gasteiger partial charge in [-0.3, -0.25) is 14.4 Å². The van der Waals surface area contributed by atoms with Crippen LogP contribution in [0.5, 0.6) is 5.75 Å². The van der Waals surface area contributed by atoms with E-state index in [1.165, 1.54) is 18.7 Å². The van der Waals surface area contributed by atoms with Gasteiger partial charge in [0.1, 0.15) is 5.75 Å². The molecule has 0 atom stereocenters. The second-order valence-electron chi connectivity index (χ2n) is 7.03. The Hall–Kier alpha value is -4.46. The average Bonchev–Trinajstić information content (AvgIpc) is 2.79. The fraction of sp³-hybridized carbons (Fsp3) is 0.0833. The van der Waals surface area contributed by atoms with Crippen molar-refractivity contribution in [2.75, 3.05) is 17.7 Å². The molecule has 0 aliphatic carbocycles. The Morgan fingerprint density at radius 1 is 0.875 bits per heavy atom. The van der Waals surface area contributed by atoms with Crippen LogP contribution in [0.1, 0.15) is 17.4 Å². The number of anilines is 2. The quantitative estimate of drug-likeness (QED) is 0.506. The van der Waals surface area contributed by atoms with E-state index in [2.05, 4.69) is 15.7 Å². The molecule has 0 aliphatic heterocycles. The number of fused-ring (bicyclic) bond motifs is 1. The third-order valence-corrected chi connectivity index (χ3v) is 4.76. The van der Waals surface area contributed by atoms with Crippen molar-refractivity contribution in [2.24, 2.45) is 0 Å². The van der Waals surface area contributed by atoms with Crippen LogP contribution < -0.4 is 20.9 Å². The number of nitrogens with one attached hydrogen (secondary N) is 2. The number of carbonyl (C=O) groups excluding carboxylic acids is 2. The third kappa shape index (κ3) is 4.20. The molecule has 0 radical (unpaired) electrons. The summed E-state index contributed by atoms with van der Waals surface area (Å²) < 4.78 is 6.43. The molecule has 8 heteroatoms.